The van der Waals surface area contributed by atoms with Crippen LogP contribution in [0.4, 0.5) is 0 Å². The third kappa shape index (κ3) is 5.31. The number of halogens is 1. The highest BCUT2D eigenvalue weighted by molar-refractivity contribution is 6.30. The van der Waals surface area contributed by atoms with Gasteiger partial charge in [0.05, 0.1) is 20.1 Å². The van der Waals surface area contributed by atoms with Gasteiger partial charge in [0.25, 0.3) is 5.91 Å². The first-order valence-electron chi connectivity index (χ1n) is 10.4. The van der Waals surface area contributed by atoms with Crippen molar-refractivity contribution in [3.63, 3.8) is 0 Å². The third-order valence-electron chi connectivity index (χ3n) is 5.56. The largest absolute Gasteiger partial charge is 0.497 e. The predicted molar refractivity (Wildman–Crippen MR) is 121 cm³/mol. The molecular formula is C24H29ClN2O4. The van der Waals surface area contributed by atoms with Crippen LogP contribution in [0, 0.1) is 11.8 Å². The Morgan fingerprint density at radius 3 is 2.42 bits per heavy atom. The standard InChI is InChI=1S/C24H29ClN2O4/c1-15(2)12-26-23(28)21-14-27(24(29)16-5-7-17(25)8-6-16)13-20(21)19-10-9-18(30-3)11-22(19)31-4/h5-11,15,20-21H,12-14H2,1-4H3,(H,26,28)/t20-,21+/m0/s1. The first kappa shape index (κ1) is 22.9. The molecule has 0 saturated carbocycles. The minimum absolute atomic E-state index is 0.0528. The number of methoxy groups -OCH3 is 2. The molecule has 0 radical (unpaired) electrons. The van der Waals surface area contributed by atoms with Gasteiger partial charge >= 0.3 is 0 Å². The highest BCUT2D eigenvalue weighted by Crippen LogP contribution is 2.39. The molecule has 7 heteroatoms. The number of ether oxygens (including phenoxy) is 2. The summed E-state index contributed by atoms with van der Waals surface area (Å²) in [4.78, 5) is 27.9. The van der Waals surface area contributed by atoms with Crippen LogP contribution in [0.2, 0.25) is 5.02 Å². The number of nitrogens with zero attached hydrogens (tertiary/aromatic N) is 1. The van der Waals surface area contributed by atoms with Crippen molar-refractivity contribution >= 4 is 23.4 Å². The van der Waals surface area contributed by atoms with Gasteiger partial charge in [-0.15, -0.1) is 0 Å². The summed E-state index contributed by atoms with van der Waals surface area (Å²) in [6.45, 7) is 5.45. The van der Waals surface area contributed by atoms with E-state index in [1.54, 1.807) is 43.4 Å². The van der Waals surface area contributed by atoms with Crippen LogP contribution in [0.3, 0.4) is 0 Å². The lowest BCUT2D eigenvalue weighted by molar-refractivity contribution is -0.125. The van der Waals surface area contributed by atoms with Crippen molar-refractivity contribution in [2.24, 2.45) is 11.8 Å². The van der Waals surface area contributed by atoms with E-state index in [1.165, 1.54) is 0 Å². The van der Waals surface area contributed by atoms with E-state index in [4.69, 9.17) is 21.1 Å². The van der Waals surface area contributed by atoms with Crippen LogP contribution in [0.15, 0.2) is 42.5 Å². The van der Waals surface area contributed by atoms with Crippen molar-refractivity contribution in [2.45, 2.75) is 19.8 Å². The van der Waals surface area contributed by atoms with E-state index >= 15 is 0 Å². The van der Waals surface area contributed by atoms with Gasteiger partial charge in [0.15, 0.2) is 0 Å². The van der Waals surface area contributed by atoms with E-state index in [2.05, 4.69) is 19.2 Å². The maximum absolute atomic E-state index is 13.1. The molecule has 1 saturated heterocycles. The number of likely N-dealkylation sites (tertiary alicyclic amines) is 1. The van der Waals surface area contributed by atoms with Crippen molar-refractivity contribution in [3.05, 3.63) is 58.6 Å². The summed E-state index contributed by atoms with van der Waals surface area (Å²) in [5.74, 6) is 0.921. The fourth-order valence-electron chi connectivity index (χ4n) is 3.89. The molecule has 31 heavy (non-hydrogen) atoms. The molecule has 6 nitrogen and oxygen atoms in total. The Morgan fingerprint density at radius 1 is 1.10 bits per heavy atom. The zero-order valence-electron chi connectivity index (χ0n) is 18.4. The Bertz CT molecular complexity index is 930. The third-order valence-corrected chi connectivity index (χ3v) is 5.81. The molecule has 1 aliphatic heterocycles. The lowest BCUT2D eigenvalue weighted by Crippen LogP contribution is -2.37. The summed E-state index contributed by atoms with van der Waals surface area (Å²) in [5, 5.41) is 3.60. The molecule has 2 aromatic carbocycles. The number of carbonyl (C=O) groups is 2. The molecule has 0 bridgehead atoms. The highest BCUT2D eigenvalue weighted by atomic mass is 35.5. The van der Waals surface area contributed by atoms with E-state index in [0.29, 0.717) is 47.6 Å². The molecule has 166 valence electrons. The minimum atomic E-state index is -0.378. The number of hydrogen-bond donors (Lipinski definition) is 1. The SMILES string of the molecule is COc1ccc([C@@H]2CN(C(=O)c3ccc(Cl)cc3)C[C@H]2C(=O)NCC(C)C)c(OC)c1. The average molecular weight is 445 g/mol. The van der Waals surface area contributed by atoms with Gasteiger partial charge in [-0.05, 0) is 36.2 Å². The molecule has 0 aromatic heterocycles. The van der Waals surface area contributed by atoms with Gasteiger partial charge in [-0.2, -0.15) is 0 Å². The maximum Gasteiger partial charge on any atom is 0.253 e. The Labute approximate surface area is 188 Å². The first-order chi connectivity index (χ1) is 14.8. The monoisotopic (exact) mass is 444 g/mol. The van der Waals surface area contributed by atoms with Crippen LogP contribution in [0.1, 0.15) is 35.7 Å². The minimum Gasteiger partial charge on any atom is -0.497 e. The van der Waals surface area contributed by atoms with Gasteiger partial charge in [-0.3, -0.25) is 9.59 Å². The molecule has 0 unspecified atom stereocenters. The number of amides is 2. The highest BCUT2D eigenvalue weighted by Gasteiger charge is 2.41. The van der Waals surface area contributed by atoms with Crippen molar-refractivity contribution < 1.29 is 19.1 Å². The number of carbonyl (C=O) groups excluding carboxylic acids is 2. The molecule has 1 fully saturated rings. The Hall–Kier alpha value is -2.73. The van der Waals surface area contributed by atoms with Gasteiger partial charge < -0.3 is 19.7 Å². The summed E-state index contributed by atoms with van der Waals surface area (Å²) < 4.78 is 10.9. The van der Waals surface area contributed by atoms with E-state index in [0.717, 1.165) is 5.56 Å². The summed E-state index contributed by atoms with van der Waals surface area (Å²) >= 11 is 5.96. The second-order valence-electron chi connectivity index (χ2n) is 8.18. The molecule has 1 aliphatic rings. The van der Waals surface area contributed by atoms with Crippen LogP contribution < -0.4 is 14.8 Å². The van der Waals surface area contributed by atoms with Crippen molar-refractivity contribution in [3.8, 4) is 11.5 Å². The second-order valence-corrected chi connectivity index (χ2v) is 8.61. The zero-order chi connectivity index (χ0) is 22.5. The normalized spacial score (nSPS) is 18.2. The van der Waals surface area contributed by atoms with E-state index in [-0.39, 0.29) is 23.7 Å². The van der Waals surface area contributed by atoms with Crippen LogP contribution in [-0.2, 0) is 4.79 Å². The number of hydrogen-bond acceptors (Lipinski definition) is 4. The molecule has 2 amide bonds. The summed E-state index contributed by atoms with van der Waals surface area (Å²) in [6.07, 6.45) is 0. The molecule has 1 heterocycles. The van der Waals surface area contributed by atoms with Gasteiger partial charge in [0.2, 0.25) is 5.91 Å². The van der Waals surface area contributed by atoms with E-state index in [9.17, 15) is 9.59 Å². The van der Waals surface area contributed by atoms with Crippen molar-refractivity contribution in [1.29, 1.82) is 0 Å². The number of nitrogens with one attached hydrogen (secondary N) is 1. The molecule has 0 aliphatic carbocycles. The first-order valence-corrected chi connectivity index (χ1v) is 10.8. The van der Waals surface area contributed by atoms with Crippen molar-refractivity contribution in [2.75, 3.05) is 33.9 Å². The predicted octanol–water partition coefficient (Wildman–Crippen LogP) is 3.99. The van der Waals surface area contributed by atoms with Gasteiger partial charge in [-0.1, -0.05) is 31.5 Å². The number of rotatable bonds is 7. The van der Waals surface area contributed by atoms with Crippen LogP contribution in [0.25, 0.3) is 0 Å². The molecule has 3 rings (SSSR count). The Morgan fingerprint density at radius 2 is 1.81 bits per heavy atom. The van der Waals surface area contributed by atoms with Gasteiger partial charge in [-0.25, -0.2) is 0 Å². The Kier molecular flexibility index (Phi) is 7.44. The van der Waals surface area contributed by atoms with Crippen LogP contribution in [0.5, 0.6) is 11.5 Å². The van der Waals surface area contributed by atoms with Gasteiger partial charge in [0, 0.05) is 47.8 Å². The number of benzene rings is 2. The van der Waals surface area contributed by atoms with E-state index < -0.39 is 0 Å². The lowest BCUT2D eigenvalue weighted by atomic mass is 9.87. The lowest BCUT2D eigenvalue weighted by Gasteiger charge is -2.21. The smallest absolute Gasteiger partial charge is 0.253 e. The summed E-state index contributed by atoms with van der Waals surface area (Å²) in [5.41, 5.74) is 1.44. The molecular weight excluding hydrogens is 416 g/mol. The zero-order valence-corrected chi connectivity index (χ0v) is 19.1. The fourth-order valence-corrected chi connectivity index (χ4v) is 4.01. The molecule has 0 spiro atoms. The fraction of sp³-hybridized carbons (Fsp3) is 0.417. The molecule has 2 atom stereocenters. The average Bonchev–Trinajstić information content (AvgIpc) is 3.22. The molecule has 2 aromatic rings. The van der Waals surface area contributed by atoms with E-state index in [1.807, 2.05) is 18.2 Å². The summed E-state index contributed by atoms with van der Waals surface area (Å²) in [6, 6.07) is 12.4. The Balaban J connectivity index is 1.91. The second kappa shape index (κ2) is 10.1. The van der Waals surface area contributed by atoms with Gasteiger partial charge in [0.1, 0.15) is 11.5 Å². The summed E-state index contributed by atoms with van der Waals surface area (Å²) in [7, 11) is 3.19. The van der Waals surface area contributed by atoms with Crippen molar-refractivity contribution in [1.82, 2.24) is 10.2 Å². The van der Waals surface area contributed by atoms with Crippen LogP contribution in [-0.4, -0.2) is 50.6 Å². The molecule has 1 N–H and O–H groups in total. The van der Waals surface area contributed by atoms with Crippen LogP contribution >= 0.6 is 11.6 Å². The maximum atomic E-state index is 13.1. The quantitative estimate of drug-likeness (QED) is 0.701. The topological polar surface area (TPSA) is 67.9 Å².